The summed E-state index contributed by atoms with van der Waals surface area (Å²) in [4.78, 5) is 61.8. The van der Waals surface area contributed by atoms with Gasteiger partial charge in [0.05, 0.1) is 25.7 Å². The number of rotatable bonds is 13. The fraction of sp³-hybridized carbons (Fsp3) is 0.467. The van der Waals surface area contributed by atoms with Gasteiger partial charge in [-0.2, -0.15) is 0 Å². The number of methoxy groups -OCH3 is 2. The Morgan fingerprint density at radius 1 is 0.911 bits per heavy atom. The van der Waals surface area contributed by atoms with E-state index in [1.54, 1.807) is 24.3 Å². The Morgan fingerprint density at radius 3 is 2.18 bits per heavy atom. The summed E-state index contributed by atoms with van der Waals surface area (Å²) in [5, 5.41) is 11.3. The van der Waals surface area contributed by atoms with Crippen LogP contribution in [0.25, 0.3) is 0 Å². The molecule has 0 saturated carbocycles. The number of hydrogen-bond donors (Lipinski definition) is 0. The SMILES string of the molecule is COc1ccc(CN(C(C)=O)[C@H]2[C@H](OCc3cccc([N+](=O)[O-])c3)O[C@H](COC(C)=O)[C@@H](OC(C)=O)[C@@H]2OC(C)=O)c(OC)c1. The molecule has 15 heteroatoms. The maximum absolute atomic E-state index is 13.3. The molecule has 1 aliphatic heterocycles. The topological polar surface area (TPSA) is 179 Å². The predicted molar refractivity (Wildman–Crippen MR) is 154 cm³/mol. The molecule has 1 aliphatic rings. The average molecular weight is 633 g/mol. The lowest BCUT2D eigenvalue weighted by molar-refractivity contribution is -0.385. The number of nitrogens with zero attached hydrogens (tertiary/aromatic N) is 2. The number of nitro groups is 1. The third-order valence-corrected chi connectivity index (χ3v) is 6.80. The maximum Gasteiger partial charge on any atom is 0.303 e. The van der Waals surface area contributed by atoms with Crippen LogP contribution >= 0.6 is 0 Å². The highest BCUT2D eigenvalue weighted by molar-refractivity contribution is 5.74. The van der Waals surface area contributed by atoms with Crippen LogP contribution in [0.2, 0.25) is 0 Å². The number of carbonyl (C=O) groups is 4. The van der Waals surface area contributed by atoms with Crippen molar-refractivity contribution < 1.29 is 57.3 Å². The normalized spacial score (nSPS) is 20.8. The van der Waals surface area contributed by atoms with Gasteiger partial charge >= 0.3 is 17.9 Å². The first-order valence-corrected chi connectivity index (χ1v) is 13.8. The van der Waals surface area contributed by atoms with E-state index in [1.807, 2.05) is 0 Å². The fourth-order valence-electron chi connectivity index (χ4n) is 4.88. The number of esters is 3. The number of hydrogen-bond acceptors (Lipinski definition) is 13. The minimum Gasteiger partial charge on any atom is -0.497 e. The van der Waals surface area contributed by atoms with Gasteiger partial charge in [0, 0.05) is 58.0 Å². The molecule has 244 valence electrons. The van der Waals surface area contributed by atoms with Gasteiger partial charge in [0.1, 0.15) is 30.3 Å². The van der Waals surface area contributed by atoms with E-state index >= 15 is 0 Å². The molecule has 0 unspecified atom stereocenters. The van der Waals surface area contributed by atoms with Crippen LogP contribution in [-0.2, 0) is 56.0 Å². The molecule has 5 atom stereocenters. The number of nitro benzene ring substituents is 1. The molecule has 1 fully saturated rings. The summed E-state index contributed by atoms with van der Waals surface area (Å²) < 4.78 is 39.5. The number of amides is 1. The van der Waals surface area contributed by atoms with Crippen molar-refractivity contribution in [1.29, 1.82) is 0 Å². The van der Waals surface area contributed by atoms with Gasteiger partial charge in [-0.1, -0.05) is 12.1 Å². The second kappa shape index (κ2) is 15.8. The van der Waals surface area contributed by atoms with Crippen molar-refractivity contribution in [3.8, 4) is 11.5 Å². The van der Waals surface area contributed by atoms with Crippen LogP contribution < -0.4 is 9.47 Å². The average Bonchev–Trinajstić information content (AvgIpc) is 2.98. The molecule has 0 spiro atoms. The third kappa shape index (κ3) is 9.36. The number of ether oxygens (including phenoxy) is 7. The number of benzene rings is 2. The molecule has 0 radical (unpaired) electrons. The zero-order chi connectivity index (χ0) is 33.3. The van der Waals surface area contributed by atoms with E-state index in [-0.39, 0.29) is 18.8 Å². The molecule has 0 aromatic heterocycles. The molecule has 1 saturated heterocycles. The van der Waals surface area contributed by atoms with Crippen LogP contribution in [0.4, 0.5) is 5.69 Å². The first-order valence-electron chi connectivity index (χ1n) is 13.8. The molecule has 45 heavy (non-hydrogen) atoms. The second-order valence-corrected chi connectivity index (χ2v) is 10.0. The molecule has 15 nitrogen and oxygen atoms in total. The van der Waals surface area contributed by atoms with E-state index in [4.69, 9.17) is 33.2 Å². The van der Waals surface area contributed by atoms with E-state index in [1.165, 1.54) is 51.2 Å². The quantitative estimate of drug-likeness (QED) is 0.136. The first kappa shape index (κ1) is 34.7. The summed E-state index contributed by atoms with van der Waals surface area (Å²) in [5.41, 5.74) is 0.772. The zero-order valence-electron chi connectivity index (χ0n) is 25.8. The van der Waals surface area contributed by atoms with Gasteiger partial charge < -0.3 is 38.1 Å². The summed E-state index contributed by atoms with van der Waals surface area (Å²) in [5.74, 6) is -1.78. The van der Waals surface area contributed by atoms with Gasteiger partial charge in [-0.3, -0.25) is 29.3 Å². The Bertz CT molecular complexity index is 1400. The zero-order valence-corrected chi connectivity index (χ0v) is 25.8. The lowest BCUT2D eigenvalue weighted by Gasteiger charge is -2.48. The minimum atomic E-state index is -1.38. The summed E-state index contributed by atoms with van der Waals surface area (Å²) in [6.07, 6.45) is -5.29. The van der Waals surface area contributed by atoms with E-state index in [9.17, 15) is 29.3 Å². The van der Waals surface area contributed by atoms with Crippen LogP contribution in [0, 0.1) is 10.1 Å². The smallest absolute Gasteiger partial charge is 0.303 e. The van der Waals surface area contributed by atoms with Crippen LogP contribution in [-0.4, -0.2) is 85.1 Å². The Kier molecular flexibility index (Phi) is 12.2. The highest BCUT2D eigenvalue weighted by Gasteiger charge is 2.53. The molecule has 1 amide bonds. The Hall–Kier alpha value is -4.76. The van der Waals surface area contributed by atoms with E-state index < -0.39 is 66.0 Å². The number of non-ortho nitro benzene ring substituents is 1. The third-order valence-electron chi connectivity index (χ3n) is 6.80. The second-order valence-electron chi connectivity index (χ2n) is 10.0. The van der Waals surface area contributed by atoms with Crippen LogP contribution in [0.15, 0.2) is 42.5 Å². The molecular weight excluding hydrogens is 596 g/mol. The van der Waals surface area contributed by atoms with Crippen LogP contribution in [0.1, 0.15) is 38.8 Å². The summed E-state index contributed by atoms with van der Waals surface area (Å²) in [6, 6.07) is 9.45. The Balaban J connectivity index is 2.13. The van der Waals surface area contributed by atoms with Crippen molar-refractivity contribution in [2.75, 3.05) is 20.8 Å². The Labute approximate surface area is 259 Å². The van der Waals surface area contributed by atoms with Crippen molar-refractivity contribution in [2.24, 2.45) is 0 Å². The summed E-state index contributed by atoms with van der Waals surface area (Å²) in [6.45, 7) is 3.98. The largest absolute Gasteiger partial charge is 0.497 e. The van der Waals surface area contributed by atoms with Crippen molar-refractivity contribution in [3.63, 3.8) is 0 Å². The Morgan fingerprint density at radius 2 is 1.60 bits per heavy atom. The minimum absolute atomic E-state index is 0.105. The van der Waals surface area contributed by atoms with Crippen molar-refractivity contribution >= 4 is 29.5 Å². The van der Waals surface area contributed by atoms with E-state index in [0.717, 1.165) is 13.8 Å². The first-order chi connectivity index (χ1) is 21.3. The molecule has 0 bridgehead atoms. The lowest BCUT2D eigenvalue weighted by atomic mass is 9.94. The predicted octanol–water partition coefficient (Wildman–Crippen LogP) is 2.70. The summed E-state index contributed by atoms with van der Waals surface area (Å²) >= 11 is 0. The van der Waals surface area contributed by atoms with Gasteiger partial charge in [-0.15, -0.1) is 0 Å². The van der Waals surface area contributed by atoms with Gasteiger partial charge in [-0.25, -0.2) is 0 Å². The van der Waals surface area contributed by atoms with Gasteiger partial charge in [0.25, 0.3) is 5.69 Å². The molecule has 0 N–H and O–H groups in total. The standard InChI is InChI=1S/C30H36N2O13/c1-17(33)31(14-22-10-11-24(39-5)13-25(22)40-6)27-29(44-20(4)36)28(43-19(3)35)26(16-41-18(2)34)45-30(27)42-15-21-8-7-9-23(12-21)32(37)38/h7-13,26-30H,14-16H2,1-6H3/t26-,27-,28-,29-,30-/m1/s1. The molecule has 1 heterocycles. The maximum atomic E-state index is 13.3. The van der Waals surface area contributed by atoms with Crippen LogP contribution in [0.5, 0.6) is 11.5 Å². The highest BCUT2D eigenvalue weighted by Crippen LogP contribution is 2.34. The fourth-order valence-corrected chi connectivity index (χ4v) is 4.88. The lowest BCUT2D eigenvalue weighted by Crippen LogP contribution is -2.67. The number of carbonyl (C=O) groups excluding carboxylic acids is 4. The monoisotopic (exact) mass is 632 g/mol. The summed E-state index contributed by atoms with van der Waals surface area (Å²) in [7, 11) is 2.94. The van der Waals surface area contributed by atoms with Crippen molar-refractivity contribution in [3.05, 3.63) is 63.7 Å². The van der Waals surface area contributed by atoms with E-state index in [0.29, 0.717) is 22.6 Å². The molecule has 0 aliphatic carbocycles. The molecule has 3 rings (SSSR count). The van der Waals surface area contributed by atoms with Crippen LogP contribution in [0.3, 0.4) is 0 Å². The van der Waals surface area contributed by atoms with Crippen molar-refractivity contribution in [1.82, 2.24) is 4.90 Å². The highest BCUT2D eigenvalue weighted by atomic mass is 16.7. The van der Waals surface area contributed by atoms with E-state index in [2.05, 4.69) is 0 Å². The van der Waals surface area contributed by atoms with Gasteiger partial charge in [-0.05, 0) is 17.7 Å². The molecular formula is C30H36N2O13. The molecule has 2 aromatic rings. The van der Waals surface area contributed by atoms with Gasteiger partial charge in [0.2, 0.25) is 5.91 Å². The van der Waals surface area contributed by atoms with Crippen molar-refractivity contribution in [2.45, 2.75) is 71.5 Å². The molecule has 2 aromatic carbocycles. The van der Waals surface area contributed by atoms with Gasteiger partial charge in [0.15, 0.2) is 18.5 Å².